The van der Waals surface area contributed by atoms with Gasteiger partial charge in [-0.25, -0.2) is 13.8 Å². The van der Waals surface area contributed by atoms with Crippen molar-refractivity contribution >= 4 is 22.8 Å². The number of nitrogens with zero attached hydrogens (tertiary/aromatic N) is 5. The van der Waals surface area contributed by atoms with Crippen LogP contribution in [0, 0.1) is 0 Å². The fraction of sp³-hybridized carbons (Fsp3) is 0.312. The zero-order valence-corrected chi connectivity index (χ0v) is 13.3. The number of ether oxygens (including phenoxy) is 1. The maximum absolute atomic E-state index is 13.5. The lowest BCUT2D eigenvalue weighted by atomic mass is 10.3. The maximum atomic E-state index is 13.5. The molecule has 0 aliphatic carbocycles. The molecule has 0 spiro atoms. The summed E-state index contributed by atoms with van der Waals surface area (Å²) in [4.78, 5) is 14.7. The van der Waals surface area contributed by atoms with E-state index in [1.54, 1.807) is 24.3 Å². The van der Waals surface area contributed by atoms with Crippen molar-refractivity contribution in [3.05, 3.63) is 36.2 Å². The van der Waals surface area contributed by atoms with Crippen LogP contribution in [0.25, 0.3) is 16.9 Å². The van der Waals surface area contributed by atoms with Crippen LogP contribution in [-0.2, 0) is 4.74 Å². The summed E-state index contributed by atoms with van der Waals surface area (Å²) >= 11 is 0. The van der Waals surface area contributed by atoms with Crippen molar-refractivity contribution in [2.75, 3.05) is 36.9 Å². The van der Waals surface area contributed by atoms with E-state index in [4.69, 9.17) is 10.5 Å². The monoisotopic (exact) mass is 346 g/mol. The van der Waals surface area contributed by atoms with Crippen LogP contribution >= 0.6 is 0 Å². The number of hydrogen-bond donors (Lipinski definition) is 1. The molecule has 0 unspecified atom stereocenters. The van der Waals surface area contributed by atoms with Gasteiger partial charge in [-0.3, -0.25) is 4.57 Å². The van der Waals surface area contributed by atoms with Crippen molar-refractivity contribution in [1.29, 1.82) is 0 Å². The number of imidazole rings is 1. The van der Waals surface area contributed by atoms with Crippen molar-refractivity contribution in [3.8, 4) is 5.82 Å². The Hall–Kier alpha value is -2.81. The number of rotatable bonds is 3. The molecule has 0 amide bonds. The third-order valence-electron chi connectivity index (χ3n) is 4.03. The molecule has 2 aromatic heterocycles. The zero-order valence-electron chi connectivity index (χ0n) is 13.3. The number of nitrogens with two attached hydrogens (primary N) is 1. The van der Waals surface area contributed by atoms with Crippen LogP contribution in [0.15, 0.2) is 30.3 Å². The number of anilines is 2. The molecule has 130 valence electrons. The highest BCUT2D eigenvalue weighted by Gasteiger charge is 2.22. The van der Waals surface area contributed by atoms with Gasteiger partial charge in [0.1, 0.15) is 11.6 Å². The van der Waals surface area contributed by atoms with Gasteiger partial charge >= 0.3 is 0 Å². The molecular formula is C16H16F2N6O. The minimum Gasteiger partial charge on any atom is -0.383 e. The van der Waals surface area contributed by atoms with Gasteiger partial charge in [0.05, 0.1) is 24.2 Å². The highest BCUT2D eigenvalue weighted by Crippen LogP contribution is 2.28. The van der Waals surface area contributed by atoms with E-state index in [1.165, 1.54) is 10.6 Å². The van der Waals surface area contributed by atoms with Crippen LogP contribution in [-0.4, -0.2) is 45.8 Å². The lowest BCUT2D eigenvalue weighted by molar-refractivity contribution is 0.122. The minimum absolute atomic E-state index is 0.212. The van der Waals surface area contributed by atoms with Crippen molar-refractivity contribution in [3.63, 3.8) is 0 Å². The van der Waals surface area contributed by atoms with Gasteiger partial charge in [-0.2, -0.15) is 9.97 Å². The van der Waals surface area contributed by atoms with Gasteiger partial charge in [0.2, 0.25) is 5.95 Å². The lowest BCUT2D eigenvalue weighted by Crippen LogP contribution is -2.37. The summed E-state index contributed by atoms with van der Waals surface area (Å²) in [7, 11) is 0. The molecule has 1 aromatic carbocycles. The second-order valence-electron chi connectivity index (χ2n) is 5.65. The Morgan fingerprint density at radius 2 is 1.84 bits per heavy atom. The van der Waals surface area contributed by atoms with E-state index in [1.807, 2.05) is 4.90 Å². The summed E-state index contributed by atoms with van der Waals surface area (Å²) in [5, 5.41) is 0. The van der Waals surface area contributed by atoms with Gasteiger partial charge in [0.15, 0.2) is 5.82 Å². The first-order chi connectivity index (χ1) is 12.1. The molecule has 4 rings (SSSR count). The summed E-state index contributed by atoms with van der Waals surface area (Å²) in [6.45, 7) is 2.36. The van der Waals surface area contributed by atoms with Gasteiger partial charge in [0.25, 0.3) is 6.43 Å². The first-order valence-corrected chi connectivity index (χ1v) is 7.86. The van der Waals surface area contributed by atoms with Crippen molar-refractivity contribution in [2.45, 2.75) is 6.43 Å². The number of fused-ring (bicyclic) bond motifs is 1. The average Bonchev–Trinajstić information content (AvgIpc) is 3.02. The first kappa shape index (κ1) is 15.7. The molecule has 7 nitrogen and oxygen atoms in total. The summed E-state index contributed by atoms with van der Waals surface area (Å²) in [5.74, 6) is 0.519. The SMILES string of the molecule is Nc1cc(-n2c(C(F)F)nc3ccccc32)nc(N2CCOCC2)n1. The van der Waals surface area contributed by atoms with E-state index in [0.29, 0.717) is 43.3 Å². The number of morpholine rings is 1. The number of nitrogen functional groups attached to an aromatic ring is 1. The van der Waals surface area contributed by atoms with E-state index in [9.17, 15) is 8.78 Å². The van der Waals surface area contributed by atoms with E-state index in [0.717, 1.165) is 0 Å². The van der Waals surface area contributed by atoms with Crippen LogP contribution < -0.4 is 10.6 Å². The topological polar surface area (TPSA) is 82.1 Å². The van der Waals surface area contributed by atoms with Gasteiger partial charge in [0, 0.05) is 19.2 Å². The molecule has 1 fully saturated rings. The lowest BCUT2D eigenvalue weighted by Gasteiger charge is -2.27. The summed E-state index contributed by atoms with van der Waals surface area (Å²) in [6.07, 6.45) is -2.74. The van der Waals surface area contributed by atoms with Gasteiger partial charge in [-0.05, 0) is 12.1 Å². The molecule has 1 aliphatic heterocycles. The molecule has 25 heavy (non-hydrogen) atoms. The summed E-state index contributed by atoms with van der Waals surface area (Å²) < 4.78 is 33.7. The van der Waals surface area contributed by atoms with Crippen molar-refractivity contribution in [1.82, 2.24) is 19.5 Å². The number of benzene rings is 1. The van der Waals surface area contributed by atoms with Crippen LogP contribution in [0.5, 0.6) is 0 Å². The molecule has 0 atom stereocenters. The van der Waals surface area contributed by atoms with Crippen LogP contribution in [0.4, 0.5) is 20.5 Å². The third kappa shape index (κ3) is 2.86. The molecule has 2 N–H and O–H groups in total. The van der Waals surface area contributed by atoms with Crippen LogP contribution in [0.3, 0.4) is 0 Å². The molecule has 0 radical (unpaired) electrons. The van der Waals surface area contributed by atoms with E-state index >= 15 is 0 Å². The fourth-order valence-corrected chi connectivity index (χ4v) is 2.89. The number of para-hydroxylation sites is 2. The number of alkyl halides is 2. The second-order valence-corrected chi connectivity index (χ2v) is 5.65. The van der Waals surface area contributed by atoms with Gasteiger partial charge < -0.3 is 15.4 Å². The Labute approximate surface area is 142 Å². The van der Waals surface area contributed by atoms with Crippen LogP contribution in [0.1, 0.15) is 12.2 Å². The van der Waals surface area contributed by atoms with E-state index in [-0.39, 0.29) is 17.5 Å². The zero-order chi connectivity index (χ0) is 17.4. The van der Waals surface area contributed by atoms with Crippen molar-refractivity contribution in [2.24, 2.45) is 0 Å². The van der Waals surface area contributed by atoms with Gasteiger partial charge in [-0.15, -0.1) is 0 Å². The second kappa shape index (κ2) is 6.25. The number of aromatic nitrogens is 4. The van der Waals surface area contributed by atoms with Crippen molar-refractivity contribution < 1.29 is 13.5 Å². The molecule has 3 heterocycles. The Morgan fingerprint density at radius 3 is 2.60 bits per heavy atom. The molecule has 9 heteroatoms. The van der Waals surface area contributed by atoms with Crippen LogP contribution in [0.2, 0.25) is 0 Å². The van der Waals surface area contributed by atoms with Gasteiger partial charge in [-0.1, -0.05) is 12.1 Å². The molecule has 0 bridgehead atoms. The standard InChI is InChI=1S/C16H16F2N6O/c17-14(18)15-20-10-3-1-2-4-11(10)24(15)13-9-12(19)21-16(22-13)23-5-7-25-8-6-23/h1-4,9,14H,5-8H2,(H2,19,21,22). The fourth-order valence-electron chi connectivity index (χ4n) is 2.89. The average molecular weight is 346 g/mol. The number of halogens is 2. The molecule has 1 aliphatic rings. The molecule has 0 saturated carbocycles. The Bertz CT molecular complexity index is 907. The molecular weight excluding hydrogens is 330 g/mol. The first-order valence-electron chi connectivity index (χ1n) is 7.86. The predicted molar refractivity (Wildman–Crippen MR) is 89.1 cm³/mol. The van der Waals surface area contributed by atoms with E-state index < -0.39 is 6.43 Å². The normalized spacial score (nSPS) is 15.2. The third-order valence-corrected chi connectivity index (χ3v) is 4.03. The Morgan fingerprint density at radius 1 is 1.08 bits per heavy atom. The number of hydrogen-bond acceptors (Lipinski definition) is 6. The highest BCUT2D eigenvalue weighted by molar-refractivity contribution is 5.78. The quantitative estimate of drug-likeness (QED) is 0.783. The Kier molecular flexibility index (Phi) is 3.92. The minimum atomic E-state index is -2.74. The largest absolute Gasteiger partial charge is 0.383 e. The smallest absolute Gasteiger partial charge is 0.296 e. The summed E-state index contributed by atoms with van der Waals surface area (Å²) in [6, 6.07) is 8.40. The molecule has 1 saturated heterocycles. The van der Waals surface area contributed by atoms with E-state index in [2.05, 4.69) is 15.0 Å². The highest BCUT2D eigenvalue weighted by atomic mass is 19.3. The molecule has 3 aromatic rings. The maximum Gasteiger partial charge on any atom is 0.296 e. The predicted octanol–water partition coefficient (Wildman–Crippen LogP) is 2.17. The summed E-state index contributed by atoms with van der Waals surface area (Å²) in [5.41, 5.74) is 6.93. The Balaban J connectivity index is 1.88.